The molecule has 1 saturated heterocycles. The molecule has 6 nitrogen and oxygen atoms in total. The average Bonchev–Trinajstić information content (AvgIpc) is 2.63. The Bertz CT molecular complexity index is 596. The second kappa shape index (κ2) is 5.16. The lowest BCUT2D eigenvalue weighted by Gasteiger charge is -2.31. The van der Waals surface area contributed by atoms with Crippen LogP contribution in [0.25, 0.3) is 0 Å². The molecule has 1 unspecified atom stereocenters. The van der Waals surface area contributed by atoms with Gasteiger partial charge in [-0.1, -0.05) is 0 Å². The van der Waals surface area contributed by atoms with E-state index < -0.39 is 41.7 Å². The van der Waals surface area contributed by atoms with E-state index in [1.807, 2.05) is 0 Å². The number of ether oxygens (including phenoxy) is 1. The van der Waals surface area contributed by atoms with Crippen LogP contribution in [0.1, 0.15) is 6.23 Å². The fourth-order valence-electron chi connectivity index (χ4n) is 2.08. The summed E-state index contributed by atoms with van der Waals surface area (Å²) >= 11 is 4.73. The third-order valence-corrected chi connectivity index (χ3v) is 3.47. The van der Waals surface area contributed by atoms with Crippen molar-refractivity contribution < 1.29 is 32.5 Å². The molecule has 1 aromatic heterocycles. The maximum Gasteiger partial charge on any atom is 0.429 e. The van der Waals surface area contributed by atoms with Crippen LogP contribution in [0, 0.1) is 4.77 Å². The minimum absolute atomic E-state index is 0.0648. The Balaban J connectivity index is 2.57. The molecule has 1 aliphatic rings. The van der Waals surface area contributed by atoms with Crippen LogP contribution in [0.3, 0.4) is 0 Å². The number of nitrogens with zero attached hydrogens (tertiary/aromatic N) is 2. The third kappa shape index (κ3) is 2.39. The van der Waals surface area contributed by atoms with Crippen molar-refractivity contribution in [1.82, 2.24) is 9.55 Å². The van der Waals surface area contributed by atoms with E-state index in [0.717, 1.165) is 12.3 Å². The van der Waals surface area contributed by atoms with Gasteiger partial charge in [-0.2, -0.15) is 13.2 Å². The Morgan fingerprint density at radius 1 is 1.52 bits per heavy atom. The lowest BCUT2D eigenvalue weighted by atomic mass is 9.95. The predicted octanol–water partition coefficient (Wildman–Crippen LogP) is 0.716. The second-order valence-electron chi connectivity index (χ2n) is 4.46. The number of aliphatic hydroxyl groups is 2. The minimum atomic E-state index is -5.45. The standard InChI is InChI=1S/C10H11F4N3O3S/c11-9(10(12,13)14)6(19)4(3-18)20-7(9)17-2-1-5(15)16-8(17)21/h1-2,4,6-7,18-19H,3H2,(H2,15,16,21)/t4-,6+,7-,9?/m1/s1. The number of halogens is 4. The van der Waals surface area contributed by atoms with Crippen LogP contribution in [0.4, 0.5) is 23.4 Å². The molecular weight excluding hydrogens is 318 g/mol. The SMILES string of the molecule is Nc1ccn([C@@H]2O[C@H](CO)[C@H](O)C2(F)C(F)(F)F)c(=S)n1. The predicted molar refractivity (Wildman–Crippen MR) is 64.4 cm³/mol. The van der Waals surface area contributed by atoms with Crippen molar-refractivity contribution in [2.45, 2.75) is 30.3 Å². The van der Waals surface area contributed by atoms with Gasteiger partial charge in [0.1, 0.15) is 18.0 Å². The molecule has 1 fully saturated rings. The van der Waals surface area contributed by atoms with Crippen molar-refractivity contribution in [2.24, 2.45) is 0 Å². The molecule has 4 atom stereocenters. The van der Waals surface area contributed by atoms with Gasteiger partial charge in [-0.25, -0.2) is 9.37 Å². The highest BCUT2D eigenvalue weighted by Crippen LogP contribution is 2.51. The highest BCUT2D eigenvalue weighted by Gasteiger charge is 2.72. The molecule has 0 spiro atoms. The van der Waals surface area contributed by atoms with E-state index in [4.69, 9.17) is 27.8 Å². The molecule has 0 amide bonds. The summed E-state index contributed by atoms with van der Waals surface area (Å²) in [5, 5.41) is 18.5. The molecule has 0 bridgehead atoms. The zero-order chi connectivity index (χ0) is 16.0. The normalized spacial score (nSPS) is 33.3. The minimum Gasteiger partial charge on any atom is -0.394 e. The molecule has 1 aliphatic heterocycles. The summed E-state index contributed by atoms with van der Waals surface area (Å²) in [4.78, 5) is 3.54. The molecule has 2 heterocycles. The number of aromatic nitrogens is 2. The van der Waals surface area contributed by atoms with Gasteiger partial charge in [0, 0.05) is 6.20 Å². The van der Waals surface area contributed by atoms with Crippen molar-refractivity contribution in [1.29, 1.82) is 0 Å². The fourth-order valence-corrected chi connectivity index (χ4v) is 2.34. The first kappa shape index (κ1) is 16.1. The number of nitrogen functional groups attached to an aromatic ring is 1. The zero-order valence-corrected chi connectivity index (χ0v) is 11.1. The van der Waals surface area contributed by atoms with Crippen LogP contribution < -0.4 is 5.73 Å². The van der Waals surface area contributed by atoms with Crippen molar-refractivity contribution >= 4 is 18.0 Å². The van der Waals surface area contributed by atoms with Crippen LogP contribution >= 0.6 is 12.2 Å². The first-order chi connectivity index (χ1) is 9.62. The molecule has 2 rings (SSSR count). The van der Waals surface area contributed by atoms with Gasteiger partial charge in [0.05, 0.1) is 6.61 Å². The van der Waals surface area contributed by atoms with Gasteiger partial charge in [-0.3, -0.25) is 4.57 Å². The number of anilines is 1. The largest absolute Gasteiger partial charge is 0.429 e. The highest BCUT2D eigenvalue weighted by molar-refractivity contribution is 7.71. The van der Waals surface area contributed by atoms with E-state index in [9.17, 15) is 22.7 Å². The highest BCUT2D eigenvalue weighted by atomic mass is 32.1. The zero-order valence-electron chi connectivity index (χ0n) is 10.3. The van der Waals surface area contributed by atoms with E-state index in [-0.39, 0.29) is 5.82 Å². The van der Waals surface area contributed by atoms with E-state index in [2.05, 4.69) is 4.98 Å². The molecule has 0 radical (unpaired) electrons. The van der Waals surface area contributed by atoms with Gasteiger partial charge in [0.15, 0.2) is 6.23 Å². The molecule has 11 heteroatoms. The molecule has 21 heavy (non-hydrogen) atoms. The van der Waals surface area contributed by atoms with E-state index in [0.29, 0.717) is 4.57 Å². The number of aliphatic hydroxyl groups excluding tert-OH is 2. The summed E-state index contributed by atoms with van der Waals surface area (Å²) in [6, 6.07) is 1.11. The number of hydrogen-bond donors (Lipinski definition) is 3. The van der Waals surface area contributed by atoms with Crippen LogP contribution in [-0.4, -0.2) is 50.4 Å². The lowest BCUT2D eigenvalue weighted by Crippen LogP contribution is -2.54. The van der Waals surface area contributed by atoms with E-state index in [1.54, 1.807) is 0 Å². The Hall–Kier alpha value is -1.30. The number of alkyl halides is 4. The Labute approximate surface area is 120 Å². The topological polar surface area (TPSA) is 93.5 Å². The van der Waals surface area contributed by atoms with Crippen LogP contribution in [-0.2, 0) is 4.74 Å². The fraction of sp³-hybridized carbons (Fsp3) is 0.600. The van der Waals surface area contributed by atoms with Gasteiger partial charge in [-0.15, -0.1) is 0 Å². The first-order valence-electron chi connectivity index (χ1n) is 5.67. The van der Waals surface area contributed by atoms with E-state index in [1.165, 1.54) is 0 Å². The quantitative estimate of drug-likeness (QED) is 0.547. The van der Waals surface area contributed by atoms with Gasteiger partial charge in [-0.05, 0) is 18.3 Å². The molecule has 4 N–H and O–H groups in total. The molecule has 1 aromatic rings. The number of hydrogen-bond acceptors (Lipinski definition) is 6. The van der Waals surface area contributed by atoms with Gasteiger partial charge in [0.25, 0.3) is 5.67 Å². The summed E-state index contributed by atoms with van der Waals surface area (Å²) in [6.07, 6.45) is -11.1. The molecular formula is C10H11F4N3O3S. The summed E-state index contributed by atoms with van der Waals surface area (Å²) in [5.74, 6) is -0.0648. The van der Waals surface area contributed by atoms with Crippen LogP contribution in [0.2, 0.25) is 0 Å². The summed E-state index contributed by atoms with van der Waals surface area (Å²) in [5.41, 5.74) is 1.18. The van der Waals surface area contributed by atoms with Gasteiger partial charge in [0.2, 0.25) is 4.77 Å². The maximum atomic E-state index is 14.5. The maximum absolute atomic E-state index is 14.5. The monoisotopic (exact) mass is 329 g/mol. The second-order valence-corrected chi connectivity index (χ2v) is 4.83. The van der Waals surface area contributed by atoms with Crippen LogP contribution in [0.5, 0.6) is 0 Å². The molecule has 118 valence electrons. The van der Waals surface area contributed by atoms with Crippen molar-refractivity contribution in [2.75, 3.05) is 12.3 Å². The smallest absolute Gasteiger partial charge is 0.394 e. The van der Waals surface area contributed by atoms with Crippen LogP contribution in [0.15, 0.2) is 12.3 Å². The summed E-state index contributed by atoms with van der Waals surface area (Å²) < 4.78 is 58.7. The van der Waals surface area contributed by atoms with Crippen molar-refractivity contribution in [3.05, 3.63) is 17.0 Å². The van der Waals surface area contributed by atoms with E-state index >= 15 is 0 Å². The van der Waals surface area contributed by atoms with Crippen molar-refractivity contribution in [3.63, 3.8) is 0 Å². The molecule has 0 aliphatic carbocycles. The number of nitrogens with two attached hydrogens (primary N) is 1. The Kier molecular flexibility index (Phi) is 3.95. The number of rotatable bonds is 2. The Morgan fingerprint density at radius 3 is 2.62 bits per heavy atom. The summed E-state index contributed by atoms with van der Waals surface area (Å²) in [7, 11) is 0. The lowest BCUT2D eigenvalue weighted by molar-refractivity contribution is -0.273. The van der Waals surface area contributed by atoms with Gasteiger partial charge < -0.3 is 20.7 Å². The average molecular weight is 329 g/mol. The summed E-state index contributed by atoms with van der Waals surface area (Å²) in [6.45, 7) is -0.991. The Morgan fingerprint density at radius 2 is 2.14 bits per heavy atom. The third-order valence-electron chi connectivity index (χ3n) is 3.16. The van der Waals surface area contributed by atoms with Crippen molar-refractivity contribution in [3.8, 4) is 0 Å². The van der Waals surface area contributed by atoms with Gasteiger partial charge >= 0.3 is 6.18 Å². The molecule has 0 aromatic carbocycles. The first-order valence-corrected chi connectivity index (χ1v) is 6.08. The molecule has 0 saturated carbocycles.